The first-order chi connectivity index (χ1) is 14.5. The van der Waals surface area contributed by atoms with Gasteiger partial charge in [-0.25, -0.2) is 4.79 Å². The lowest BCUT2D eigenvalue weighted by Gasteiger charge is -2.05. The number of hydrogen-bond donors (Lipinski definition) is 0. The third-order valence-corrected chi connectivity index (χ3v) is 5.03. The highest BCUT2D eigenvalue weighted by Gasteiger charge is 2.23. The lowest BCUT2D eigenvalue weighted by molar-refractivity contribution is 0.0437. The maximum Gasteiger partial charge on any atom is 0.340 e. The molecular formula is C22H22N4O4. The van der Waals surface area contributed by atoms with E-state index in [1.807, 2.05) is 57.2 Å². The molecule has 8 nitrogen and oxygen atoms in total. The van der Waals surface area contributed by atoms with Crippen molar-refractivity contribution in [2.24, 2.45) is 0 Å². The SMILES string of the molecule is CCn1c(C)cc(C(=O)OCc2nnc(-c3c(-c4ccccc4)noc3C)o2)c1C. The number of hydrogen-bond acceptors (Lipinski definition) is 7. The van der Waals surface area contributed by atoms with Crippen molar-refractivity contribution in [3.8, 4) is 22.7 Å². The molecule has 4 rings (SSSR count). The predicted molar refractivity (Wildman–Crippen MR) is 109 cm³/mol. The fourth-order valence-corrected chi connectivity index (χ4v) is 3.53. The average molecular weight is 406 g/mol. The number of benzene rings is 1. The Morgan fingerprint density at radius 2 is 1.90 bits per heavy atom. The van der Waals surface area contributed by atoms with Crippen molar-refractivity contribution in [3.05, 3.63) is 65.0 Å². The van der Waals surface area contributed by atoms with Gasteiger partial charge in [-0.3, -0.25) is 0 Å². The van der Waals surface area contributed by atoms with E-state index < -0.39 is 5.97 Å². The van der Waals surface area contributed by atoms with Crippen molar-refractivity contribution in [2.75, 3.05) is 0 Å². The number of ether oxygens (including phenoxy) is 1. The van der Waals surface area contributed by atoms with Crippen LogP contribution < -0.4 is 0 Å². The highest BCUT2D eigenvalue weighted by atomic mass is 16.5. The summed E-state index contributed by atoms with van der Waals surface area (Å²) in [6.45, 7) is 8.35. The summed E-state index contributed by atoms with van der Waals surface area (Å²) in [5.41, 5.74) is 4.54. The van der Waals surface area contributed by atoms with Gasteiger partial charge in [0.1, 0.15) is 17.0 Å². The van der Waals surface area contributed by atoms with Gasteiger partial charge in [-0.05, 0) is 33.8 Å². The summed E-state index contributed by atoms with van der Waals surface area (Å²) in [5, 5.41) is 12.2. The molecule has 0 saturated carbocycles. The van der Waals surface area contributed by atoms with E-state index in [2.05, 4.69) is 19.9 Å². The molecule has 4 aromatic rings. The molecule has 0 radical (unpaired) electrons. The standard InChI is InChI=1S/C22H22N4O4/c1-5-26-13(2)11-17(14(26)3)22(27)28-12-18-23-24-21(29-18)19-15(4)30-25-20(19)16-9-7-6-8-10-16/h6-11H,5,12H2,1-4H3. The summed E-state index contributed by atoms with van der Waals surface area (Å²) in [6, 6.07) is 11.4. The van der Waals surface area contributed by atoms with Crippen LogP contribution in [-0.4, -0.2) is 25.9 Å². The van der Waals surface area contributed by atoms with E-state index in [9.17, 15) is 4.79 Å². The van der Waals surface area contributed by atoms with E-state index in [0.717, 1.165) is 23.5 Å². The molecule has 0 aliphatic rings. The Labute approximate surface area is 173 Å². The van der Waals surface area contributed by atoms with E-state index in [1.165, 1.54) is 0 Å². The minimum absolute atomic E-state index is 0.118. The van der Waals surface area contributed by atoms with Crippen LogP contribution in [-0.2, 0) is 17.9 Å². The summed E-state index contributed by atoms with van der Waals surface area (Å²) < 4.78 is 18.5. The molecule has 0 aliphatic carbocycles. The molecule has 0 amide bonds. The predicted octanol–water partition coefficient (Wildman–Crippen LogP) is 4.50. The van der Waals surface area contributed by atoms with E-state index in [4.69, 9.17) is 13.7 Å². The minimum atomic E-state index is -0.423. The number of aromatic nitrogens is 4. The van der Waals surface area contributed by atoms with Gasteiger partial charge in [-0.2, -0.15) is 0 Å². The van der Waals surface area contributed by atoms with Gasteiger partial charge in [0.05, 0.1) is 5.56 Å². The molecule has 154 valence electrons. The van der Waals surface area contributed by atoms with Crippen LogP contribution in [0, 0.1) is 20.8 Å². The Bertz CT molecular complexity index is 1190. The number of nitrogens with zero attached hydrogens (tertiary/aromatic N) is 4. The molecule has 0 spiro atoms. The van der Waals surface area contributed by atoms with Crippen LogP contribution in [0.1, 0.15) is 40.3 Å². The number of carbonyl (C=O) groups is 1. The first-order valence-electron chi connectivity index (χ1n) is 9.67. The lowest BCUT2D eigenvalue weighted by Crippen LogP contribution is -2.07. The van der Waals surface area contributed by atoms with Crippen LogP contribution in [0.2, 0.25) is 0 Å². The molecule has 0 unspecified atom stereocenters. The molecule has 0 N–H and O–H groups in total. The zero-order valence-corrected chi connectivity index (χ0v) is 17.3. The Balaban J connectivity index is 1.52. The van der Waals surface area contributed by atoms with Crippen LogP contribution >= 0.6 is 0 Å². The summed E-state index contributed by atoms with van der Waals surface area (Å²) in [4.78, 5) is 12.5. The highest BCUT2D eigenvalue weighted by Crippen LogP contribution is 2.33. The molecule has 0 fully saturated rings. The van der Waals surface area contributed by atoms with Gasteiger partial charge >= 0.3 is 5.97 Å². The summed E-state index contributed by atoms with van der Waals surface area (Å²) in [7, 11) is 0. The van der Waals surface area contributed by atoms with Crippen LogP contribution in [0.5, 0.6) is 0 Å². The number of esters is 1. The fraction of sp³-hybridized carbons (Fsp3) is 0.273. The van der Waals surface area contributed by atoms with Gasteiger partial charge in [-0.15, -0.1) is 10.2 Å². The smallest absolute Gasteiger partial charge is 0.340 e. The number of rotatable bonds is 6. The molecule has 0 saturated heterocycles. The fourth-order valence-electron chi connectivity index (χ4n) is 3.53. The molecule has 8 heteroatoms. The summed E-state index contributed by atoms with van der Waals surface area (Å²) in [5.74, 6) is 0.604. The molecule has 3 aromatic heterocycles. The molecule has 0 aliphatic heterocycles. The van der Waals surface area contributed by atoms with Gasteiger partial charge in [0.2, 0.25) is 0 Å². The Morgan fingerprint density at radius 1 is 1.13 bits per heavy atom. The van der Waals surface area contributed by atoms with Crippen LogP contribution in [0.25, 0.3) is 22.7 Å². The summed E-state index contributed by atoms with van der Waals surface area (Å²) in [6.07, 6.45) is 0. The van der Waals surface area contributed by atoms with Crippen molar-refractivity contribution in [3.63, 3.8) is 0 Å². The minimum Gasteiger partial charge on any atom is -0.452 e. The van der Waals surface area contributed by atoms with E-state index in [-0.39, 0.29) is 18.4 Å². The molecule has 3 heterocycles. The normalized spacial score (nSPS) is 11.1. The third-order valence-electron chi connectivity index (χ3n) is 5.03. The lowest BCUT2D eigenvalue weighted by atomic mass is 10.1. The second-order valence-corrected chi connectivity index (χ2v) is 6.93. The monoisotopic (exact) mass is 406 g/mol. The van der Waals surface area contributed by atoms with Gasteiger partial charge in [0.15, 0.2) is 6.61 Å². The molecule has 1 aromatic carbocycles. The van der Waals surface area contributed by atoms with Crippen LogP contribution in [0.4, 0.5) is 0 Å². The first-order valence-corrected chi connectivity index (χ1v) is 9.67. The first kappa shape index (κ1) is 19.6. The van der Waals surface area contributed by atoms with Crippen molar-refractivity contribution in [2.45, 2.75) is 40.8 Å². The molecule has 0 atom stereocenters. The van der Waals surface area contributed by atoms with Gasteiger partial charge < -0.3 is 18.2 Å². The van der Waals surface area contributed by atoms with Gasteiger partial charge in [-0.1, -0.05) is 35.5 Å². The molecular weight excluding hydrogens is 384 g/mol. The van der Waals surface area contributed by atoms with Gasteiger partial charge in [0.25, 0.3) is 11.8 Å². The van der Waals surface area contributed by atoms with Crippen molar-refractivity contribution in [1.82, 2.24) is 19.9 Å². The van der Waals surface area contributed by atoms with Crippen molar-refractivity contribution >= 4 is 5.97 Å². The zero-order chi connectivity index (χ0) is 21.3. The Hall–Kier alpha value is -3.68. The van der Waals surface area contributed by atoms with E-state index in [0.29, 0.717) is 22.6 Å². The van der Waals surface area contributed by atoms with E-state index in [1.54, 1.807) is 6.92 Å². The maximum absolute atomic E-state index is 12.5. The van der Waals surface area contributed by atoms with Crippen molar-refractivity contribution < 1.29 is 18.5 Å². The average Bonchev–Trinajstić information content (AvgIpc) is 3.44. The van der Waals surface area contributed by atoms with Crippen molar-refractivity contribution in [1.29, 1.82) is 0 Å². The quantitative estimate of drug-likeness (QED) is 0.435. The third kappa shape index (κ3) is 3.52. The maximum atomic E-state index is 12.5. The number of carbonyl (C=O) groups excluding carboxylic acids is 1. The second kappa shape index (κ2) is 7.98. The zero-order valence-electron chi connectivity index (χ0n) is 17.3. The van der Waals surface area contributed by atoms with Gasteiger partial charge in [0, 0.05) is 23.5 Å². The summed E-state index contributed by atoms with van der Waals surface area (Å²) >= 11 is 0. The molecule has 30 heavy (non-hydrogen) atoms. The van der Waals surface area contributed by atoms with Crippen LogP contribution in [0.15, 0.2) is 45.3 Å². The topological polar surface area (TPSA) is 96.2 Å². The van der Waals surface area contributed by atoms with E-state index >= 15 is 0 Å². The number of aryl methyl sites for hydroxylation is 2. The molecule has 0 bridgehead atoms. The Kier molecular flexibility index (Phi) is 5.22. The highest BCUT2D eigenvalue weighted by molar-refractivity contribution is 5.91. The largest absolute Gasteiger partial charge is 0.452 e. The second-order valence-electron chi connectivity index (χ2n) is 6.93. The van der Waals surface area contributed by atoms with Crippen LogP contribution in [0.3, 0.4) is 0 Å². The Morgan fingerprint density at radius 3 is 2.60 bits per heavy atom.